The topological polar surface area (TPSA) is 44.8 Å². The van der Waals surface area contributed by atoms with E-state index in [-0.39, 0.29) is 17.3 Å². The van der Waals surface area contributed by atoms with Crippen LogP contribution in [-0.4, -0.2) is 30.9 Å². The zero-order valence-corrected chi connectivity index (χ0v) is 20.3. The van der Waals surface area contributed by atoms with E-state index in [4.69, 9.17) is 25.8 Å². The number of halogens is 2. The zero-order valence-electron chi connectivity index (χ0n) is 18.0. The Morgan fingerprint density at radius 2 is 1.94 bits per heavy atom. The van der Waals surface area contributed by atoms with Gasteiger partial charge >= 0.3 is 0 Å². The van der Waals surface area contributed by atoms with Crippen LogP contribution in [0.15, 0.2) is 40.4 Å². The number of carbonyl (C=O) groups is 1. The zero-order chi connectivity index (χ0) is 22.1. The van der Waals surface area contributed by atoms with E-state index >= 15 is 0 Å². The molecule has 0 radical (unpaired) electrons. The Balaban J connectivity index is 1.49. The third kappa shape index (κ3) is 3.46. The predicted molar refractivity (Wildman–Crippen MR) is 124 cm³/mol. The first kappa shape index (κ1) is 21.2. The van der Waals surface area contributed by atoms with Crippen molar-refractivity contribution in [3.8, 4) is 5.75 Å². The number of rotatable bonds is 3. The quantitative estimate of drug-likeness (QED) is 0.506. The summed E-state index contributed by atoms with van der Waals surface area (Å²) in [5.74, 6) is 0.182. The predicted octanol–water partition coefficient (Wildman–Crippen LogP) is 6.12. The molecular formula is C25H24BrClO4. The molecule has 1 atom stereocenters. The van der Waals surface area contributed by atoms with E-state index in [0.717, 1.165) is 38.7 Å². The Morgan fingerprint density at radius 3 is 2.65 bits per heavy atom. The summed E-state index contributed by atoms with van der Waals surface area (Å²) in [6, 6.07) is 9.69. The summed E-state index contributed by atoms with van der Waals surface area (Å²) in [5, 5.41) is 0.695. The molecule has 4 nitrogen and oxygen atoms in total. The molecule has 1 fully saturated rings. The van der Waals surface area contributed by atoms with Gasteiger partial charge in [0.05, 0.1) is 11.1 Å². The van der Waals surface area contributed by atoms with Crippen molar-refractivity contribution >= 4 is 38.9 Å². The lowest BCUT2D eigenvalue weighted by molar-refractivity contribution is -0.141. The van der Waals surface area contributed by atoms with Crippen LogP contribution in [0.1, 0.15) is 54.7 Å². The molecule has 1 heterocycles. The Hall–Kier alpha value is -1.66. The van der Waals surface area contributed by atoms with Crippen molar-refractivity contribution in [2.45, 2.75) is 51.4 Å². The number of fused-ring (bicyclic) bond motifs is 3. The molecule has 0 N–H and O–H groups in total. The number of hydrogen-bond acceptors (Lipinski definition) is 4. The number of allylic oxidation sites excluding steroid dienone is 2. The molecule has 2 aromatic carbocycles. The molecule has 1 aliphatic heterocycles. The summed E-state index contributed by atoms with van der Waals surface area (Å²) >= 11 is 9.82. The first-order chi connectivity index (χ1) is 14.6. The monoisotopic (exact) mass is 502 g/mol. The lowest BCUT2D eigenvalue weighted by Gasteiger charge is -2.35. The first-order valence-electron chi connectivity index (χ1n) is 10.4. The summed E-state index contributed by atoms with van der Waals surface area (Å²) in [6.45, 7) is 9.02. The van der Waals surface area contributed by atoms with Crippen LogP contribution < -0.4 is 4.74 Å². The van der Waals surface area contributed by atoms with Crippen molar-refractivity contribution in [1.82, 2.24) is 0 Å². The molecule has 2 aliphatic carbocycles. The molecule has 1 saturated heterocycles. The standard InChI is InChI=1S/C25H24BrClO4/c1-24(2)18-10-21(29-11-15-12-30-25(3,4)31-15)20(26)9-17(18)23(28)22-16-6-5-14(27)7-13(16)8-19(22)24/h5-7,9-10,15H,8,11-12H2,1-4H3/t15-/m0/s1. The maximum absolute atomic E-state index is 13.5. The lowest BCUT2D eigenvalue weighted by Crippen LogP contribution is -2.30. The van der Waals surface area contributed by atoms with Gasteiger partial charge in [-0.25, -0.2) is 0 Å². The molecule has 6 heteroatoms. The number of ketones is 1. The molecular weight excluding hydrogens is 480 g/mol. The summed E-state index contributed by atoms with van der Waals surface area (Å²) < 4.78 is 18.3. The van der Waals surface area contributed by atoms with Crippen LogP contribution in [0.3, 0.4) is 0 Å². The van der Waals surface area contributed by atoms with Crippen molar-refractivity contribution < 1.29 is 19.0 Å². The molecule has 0 spiro atoms. The third-order valence-electron chi connectivity index (χ3n) is 6.47. The number of Topliss-reactive ketones (excluding diaryl/α,β-unsaturated/α-hetero) is 1. The molecule has 0 unspecified atom stereocenters. The fourth-order valence-electron chi connectivity index (χ4n) is 4.88. The van der Waals surface area contributed by atoms with Gasteiger partial charge < -0.3 is 14.2 Å². The van der Waals surface area contributed by atoms with Crippen molar-refractivity contribution in [3.63, 3.8) is 0 Å². The smallest absolute Gasteiger partial charge is 0.193 e. The largest absolute Gasteiger partial charge is 0.490 e. The maximum atomic E-state index is 13.5. The van der Waals surface area contributed by atoms with Crippen molar-refractivity contribution in [3.05, 3.63) is 67.7 Å². The SMILES string of the molecule is CC1(C)OC[C@H](COc2cc3c(cc2Br)C(=O)C2=C(Cc4cc(Cl)ccc42)C3(C)C)O1. The Labute approximate surface area is 195 Å². The Bertz CT molecular complexity index is 1150. The molecule has 0 aromatic heterocycles. The van der Waals surface area contributed by atoms with Gasteiger partial charge in [-0.1, -0.05) is 31.5 Å². The van der Waals surface area contributed by atoms with Gasteiger partial charge in [-0.2, -0.15) is 0 Å². The summed E-state index contributed by atoms with van der Waals surface area (Å²) in [6.07, 6.45) is 0.605. The molecule has 162 valence electrons. The van der Waals surface area contributed by atoms with Gasteiger partial charge in [0.25, 0.3) is 0 Å². The van der Waals surface area contributed by atoms with Gasteiger partial charge in [0.2, 0.25) is 0 Å². The highest BCUT2D eigenvalue weighted by Crippen LogP contribution is 2.51. The van der Waals surface area contributed by atoms with Crippen molar-refractivity contribution in [2.24, 2.45) is 0 Å². The van der Waals surface area contributed by atoms with E-state index < -0.39 is 5.79 Å². The van der Waals surface area contributed by atoms with Crippen LogP contribution in [0.25, 0.3) is 5.57 Å². The van der Waals surface area contributed by atoms with Gasteiger partial charge in [-0.05, 0) is 82.7 Å². The van der Waals surface area contributed by atoms with Crippen LogP contribution in [0.4, 0.5) is 0 Å². The highest BCUT2D eigenvalue weighted by Gasteiger charge is 2.43. The van der Waals surface area contributed by atoms with Gasteiger partial charge in [0.1, 0.15) is 18.5 Å². The minimum absolute atomic E-state index is 0.0620. The minimum Gasteiger partial charge on any atom is -0.490 e. The molecule has 0 saturated carbocycles. The first-order valence-corrected chi connectivity index (χ1v) is 11.6. The number of benzene rings is 2. The van der Waals surface area contributed by atoms with Gasteiger partial charge in [-0.3, -0.25) is 4.79 Å². The molecule has 3 aliphatic rings. The third-order valence-corrected chi connectivity index (χ3v) is 7.32. The van der Waals surface area contributed by atoms with Crippen LogP contribution in [-0.2, 0) is 21.3 Å². The fourth-order valence-corrected chi connectivity index (χ4v) is 5.53. The second-order valence-corrected chi connectivity index (χ2v) is 10.7. The minimum atomic E-state index is -0.585. The summed E-state index contributed by atoms with van der Waals surface area (Å²) in [5.41, 5.74) is 5.47. The molecule has 31 heavy (non-hydrogen) atoms. The van der Waals surface area contributed by atoms with Crippen LogP contribution in [0.5, 0.6) is 5.75 Å². The molecule has 0 bridgehead atoms. The average Bonchev–Trinajstić information content (AvgIpc) is 3.25. The maximum Gasteiger partial charge on any atom is 0.193 e. The average molecular weight is 504 g/mol. The van der Waals surface area contributed by atoms with E-state index in [0.29, 0.717) is 29.5 Å². The highest BCUT2D eigenvalue weighted by molar-refractivity contribution is 9.10. The normalized spacial score (nSPS) is 22.9. The molecule has 2 aromatic rings. The van der Waals surface area contributed by atoms with Crippen LogP contribution in [0, 0.1) is 0 Å². The molecule has 0 amide bonds. The van der Waals surface area contributed by atoms with Gasteiger partial charge in [0, 0.05) is 21.6 Å². The van der Waals surface area contributed by atoms with E-state index in [1.54, 1.807) is 0 Å². The summed E-state index contributed by atoms with van der Waals surface area (Å²) in [4.78, 5) is 13.5. The van der Waals surface area contributed by atoms with E-state index in [1.807, 2.05) is 44.2 Å². The summed E-state index contributed by atoms with van der Waals surface area (Å²) in [7, 11) is 0. The highest BCUT2D eigenvalue weighted by atomic mass is 79.9. The number of ether oxygens (including phenoxy) is 3. The number of carbonyl (C=O) groups excluding carboxylic acids is 1. The second kappa shape index (κ2) is 7.17. The lowest BCUT2D eigenvalue weighted by atomic mass is 9.68. The van der Waals surface area contributed by atoms with Crippen molar-refractivity contribution in [1.29, 1.82) is 0 Å². The van der Waals surface area contributed by atoms with Crippen molar-refractivity contribution in [2.75, 3.05) is 13.2 Å². The van der Waals surface area contributed by atoms with E-state index in [9.17, 15) is 4.79 Å². The fraction of sp³-hybridized carbons (Fsp3) is 0.400. The Kier molecular flexibility index (Phi) is 4.91. The van der Waals surface area contributed by atoms with Crippen LogP contribution >= 0.6 is 27.5 Å². The second-order valence-electron chi connectivity index (χ2n) is 9.38. The number of hydrogen-bond donors (Lipinski definition) is 0. The van der Waals surface area contributed by atoms with E-state index in [2.05, 4.69) is 29.8 Å². The van der Waals surface area contributed by atoms with Gasteiger partial charge in [-0.15, -0.1) is 0 Å². The Morgan fingerprint density at radius 1 is 1.16 bits per heavy atom. The van der Waals surface area contributed by atoms with E-state index in [1.165, 1.54) is 0 Å². The molecule has 5 rings (SSSR count). The van der Waals surface area contributed by atoms with Gasteiger partial charge in [0.15, 0.2) is 11.6 Å². The van der Waals surface area contributed by atoms with Crippen LogP contribution in [0.2, 0.25) is 5.02 Å².